The Kier molecular flexibility index (Phi) is 5.42. The number of amides is 1. The summed E-state index contributed by atoms with van der Waals surface area (Å²) in [5.74, 6) is 0.155. The molecule has 0 atom stereocenters. The Morgan fingerprint density at radius 2 is 1.92 bits per heavy atom. The molecule has 0 saturated heterocycles. The highest BCUT2D eigenvalue weighted by Gasteiger charge is 2.09. The summed E-state index contributed by atoms with van der Waals surface area (Å²) in [6.45, 7) is 0.368. The summed E-state index contributed by atoms with van der Waals surface area (Å²) in [6, 6.07) is 17.8. The monoisotopic (exact) mass is 363 g/mol. The molecule has 1 heterocycles. The van der Waals surface area contributed by atoms with Crippen LogP contribution in [0.2, 0.25) is 5.02 Å². The van der Waals surface area contributed by atoms with Crippen LogP contribution in [0.4, 0.5) is 11.5 Å². The normalized spacial score (nSPS) is 10.0. The molecule has 2 aromatic carbocycles. The Bertz CT molecular complexity index is 966. The molecule has 0 aliphatic heterocycles. The van der Waals surface area contributed by atoms with Gasteiger partial charge in [0.05, 0.1) is 11.6 Å². The Hall–Kier alpha value is -3.43. The maximum absolute atomic E-state index is 12.3. The lowest BCUT2D eigenvalue weighted by molar-refractivity contribution is 0.0946. The van der Waals surface area contributed by atoms with Crippen LogP contribution in [-0.4, -0.2) is 15.9 Å². The number of hydrogen-bond donors (Lipinski definition) is 2. The number of aromatic nitrogens is 2. The Balaban J connectivity index is 1.67. The summed E-state index contributed by atoms with van der Waals surface area (Å²) in [4.78, 5) is 20.4. The van der Waals surface area contributed by atoms with Gasteiger partial charge in [-0.3, -0.25) is 4.79 Å². The Morgan fingerprint density at radius 1 is 1.12 bits per heavy atom. The van der Waals surface area contributed by atoms with Crippen LogP contribution in [0, 0.1) is 11.3 Å². The minimum absolute atomic E-state index is 0.243. The van der Waals surface area contributed by atoms with Gasteiger partial charge < -0.3 is 10.6 Å². The van der Waals surface area contributed by atoms with Crippen LogP contribution < -0.4 is 10.6 Å². The number of anilines is 2. The molecule has 3 aromatic rings. The zero-order chi connectivity index (χ0) is 18.4. The fourth-order valence-corrected chi connectivity index (χ4v) is 2.37. The largest absolute Gasteiger partial charge is 0.347 e. The SMILES string of the molecule is N#Cc1cccc(Nc2cc(C(=O)NCc3ccc(Cl)cc3)ncn2)c1. The van der Waals surface area contributed by atoms with Crippen LogP contribution in [0.25, 0.3) is 0 Å². The number of nitrogens with one attached hydrogen (secondary N) is 2. The van der Waals surface area contributed by atoms with Gasteiger partial charge in [0.15, 0.2) is 0 Å². The third kappa shape index (κ3) is 4.56. The van der Waals surface area contributed by atoms with Gasteiger partial charge in [0.2, 0.25) is 0 Å². The van der Waals surface area contributed by atoms with E-state index in [1.807, 2.05) is 18.2 Å². The predicted octanol–water partition coefficient (Wildman–Crippen LogP) is 3.68. The number of benzene rings is 2. The molecule has 0 spiro atoms. The molecule has 6 nitrogen and oxygen atoms in total. The van der Waals surface area contributed by atoms with Gasteiger partial charge in [-0.15, -0.1) is 0 Å². The zero-order valence-corrected chi connectivity index (χ0v) is 14.4. The van der Waals surface area contributed by atoms with Gasteiger partial charge in [-0.2, -0.15) is 5.26 Å². The van der Waals surface area contributed by atoms with Crippen molar-refractivity contribution in [3.05, 3.63) is 82.8 Å². The second-order valence-corrected chi connectivity index (χ2v) is 5.85. The molecule has 0 unspecified atom stereocenters. The first-order valence-corrected chi connectivity index (χ1v) is 8.14. The van der Waals surface area contributed by atoms with E-state index in [2.05, 4.69) is 26.7 Å². The third-order valence-electron chi connectivity index (χ3n) is 3.53. The van der Waals surface area contributed by atoms with Crippen molar-refractivity contribution in [1.82, 2.24) is 15.3 Å². The number of nitriles is 1. The summed E-state index contributed by atoms with van der Waals surface area (Å²) in [6.07, 6.45) is 1.31. The first kappa shape index (κ1) is 17.4. The smallest absolute Gasteiger partial charge is 0.270 e. The number of hydrogen-bond acceptors (Lipinski definition) is 5. The zero-order valence-electron chi connectivity index (χ0n) is 13.6. The average molecular weight is 364 g/mol. The summed E-state index contributed by atoms with van der Waals surface area (Å²) in [5, 5.41) is 15.5. The van der Waals surface area contributed by atoms with Crippen molar-refractivity contribution < 1.29 is 4.79 Å². The Labute approximate surface area is 155 Å². The molecule has 26 heavy (non-hydrogen) atoms. The minimum Gasteiger partial charge on any atom is -0.347 e. The van der Waals surface area contributed by atoms with Crippen LogP contribution >= 0.6 is 11.6 Å². The molecule has 2 N–H and O–H groups in total. The summed E-state index contributed by atoms with van der Waals surface area (Å²) < 4.78 is 0. The van der Waals surface area contributed by atoms with E-state index >= 15 is 0 Å². The summed E-state index contributed by atoms with van der Waals surface area (Å²) >= 11 is 5.84. The molecule has 0 aliphatic rings. The lowest BCUT2D eigenvalue weighted by atomic mass is 10.2. The second-order valence-electron chi connectivity index (χ2n) is 5.42. The third-order valence-corrected chi connectivity index (χ3v) is 3.78. The van der Waals surface area contributed by atoms with E-state index in [0.717, 1.165) is 5.56 Å². The molecule has 0 fully saturated rings. The number of nitrogens with zero attached hydrogens (tertiary/aromatic N) is 3. The molecule has 1 amide bonds. The molecular formula is C19H14ClN5O. The lowest BCUT2D eigenvalue weighted by Gasteiger charge is -2.08. The predicted molar refractivity (Wildman–Crippen MR) is 99.1 cm³/mol. The van der Waals surface area contributed by atoms with Crippen molar-refractivity contribution in [3.8, 4) is 6.07 Å². The van der Waals surface area contributed by atoms with Gasteiger partial charge >= 0.3 is 0 Å². The maximum atomic E-state index is 12.3. The van der Waals surface area contributed by atoms with Gasteiger partial charge in [-0.25, -0.2) is 9.97 Å². The van der Waals surface area contributed by atoms with Gasteiger partial charge in [-0.1, -0.05) is 29.8 Å². The molecule has 1 aromatic heterocycles. The lowest BCUT2D eigenvalue weighted by Crippen LogP contribution is -2.24. The second kappa shape index (κ2) is 8.10. The van der Waals surface area contributed by atoms with Crippen molar-refractivity contribution in [2.24, 2.45) is 0 Å². The van der Waals surface area contributed by atoms with Crippen LogP contribution in [-0.2, 0) is 6.54 Å². The molecule has 0 bridgehead atoms. The standard InChI is InChI=1S/C19H14ClN5O/c20-15-6-4-13(5-7-15)11-22-19(26)17-9-18(24-12-23-17)25-16-3-1-2-14(8-16)10-21/h1-9,12H,11H2,(H,22,26)(H,23,24,25). The molecule has 0 aliphatic carbocycles. The quantitative estimate of drug-likeness (QED) is 0.721. The van der Waals surface area contributed by atoms with Crippen LogP contribution in [0.3, 0.4) is 0 Å². The molecular weight excluding hydrogens is 350 g/mol. The fraction of sp³-hybridized carbons (Fsp3) is 0.0526. The van der Waals surface area contributed by atoms with Crippen molar-refractivity contribution in [2.45, 2.75) is 6.54 Å². The van der Waals surface area contributed by atoms with E-state index < -0.39 is 0 Å². The summed E-state index contributed by atoms with van der Waals surface area (Å²) in [5.41, 5.74) is 2.41. The van der Waals surface area contributed by atoms with E-state index in [1.54, 1.807) is 36.4 Å². The highest BCUT2D eigenvalue weighted by Crippen LogP contribution is 2.16. The van der Waals surface area contributed by atoms with Gasteiger partial charge in [0.1, 0.15) is 17.8 Å². The van der Waals surface area contributed by atoms with E-state index in [-0.39, 0.29) is 11.6 Å². The molecule has 3 rings (SSSR count). The molecule has 128 valence electrons. The van der Waals surface area contributed by atoms with Gasteiger partial charge in [0.25, 0.3) is 5.91 Å². The van der Waals surface area contributed by atoms with Crippen LogP contribution in [0.1, 0.15) is 21.6 Å². The summed E-state index contributed by atoms with van der Waals surface area (Å²) in [7, 11) is 0. The van der Waals surface area contributed by atoms with Gasteiger partial charge in [0, 0.05) is 23.3 Å². The fourth-order valence-electron chi connectivity index (χ4n) is 2.24. The van der Waals surface area contributed by atoms with Crippen molar-refractivity contribution >= 4 is 29.0 Å². The average Bonchev–Trinajstić information content (AvgIpc) is 2.67. The van der Waals surface area contributed by atoms with Crippen molar-refractivity contribution in [3.63, 3.8) is 0 Å². The number of carbonyl (C=O) groups excluding carboxylic acids is 1. The minimum atomic E-state index is -0.309. The highest BCUT2D eigenvalue weighted by molar-refractivity contribution is 6.30. The number of halogens is 1. The van der Waals surface area contributed by atoms with E-state index in [0.29, 0.717) is 28.6 Å². The van der Waals surface area contributed by atoms with Crippen molar-refractivity contribution in [1.29, 1.82) is 5.26 Å². The van der Waals surface area contributed by atoms with Crippen LogP contribution in [0.5, 0.6) is 0 Å². The van der Waals surface area contributed by atoms with E-state index in [1.165, 1.54) is 6.33 Å². The first-order chi connectivity index (χ1) is 12.6. The number of carbonyl (C=O) groups is 1. The number of rotatable bonds is 5. The molecule has 0 saturated carbocycles. The molecule has 0 radical (unpaired) electrons. The van der Waals surface area contributed by atoms with E-state index in [4.69, 9.17) is 16.9 Å². The van der Waals surface area contributed by atoms with E-state index in [9.17, 15) is 4.79 Å². The van der Waals surface area contributed by atoms with Gasteiger partial charge in [-0.05, 0) is 35.9 Å². The molecule has 7 heteroatoms. The Morgan fingerprint density at radius 3 is 2.69 bits per heavy atom. The van der Waals surface area contributed by atoms with Crippen molar-refractivity contribution in [2.75, 3.05) is 5.32 Å². The highest BCUT2D eigenvalue weighted by atomic mass is 35.5. The maximum Gasteiger partial charge on any atom is 0.270 e. The topological polar surface area (TPSA) is 90.7 Å². The van der Waals surface area contributed by atoms with Crippen LogP contribution in [0.15, 0.2) is 60.9 Å². The first-order valence-electron chi connectivity index (χ1n) is 7.76.